The SMILES string of the molecule is COC(=O)c1ccccc1N1CC(C(=O)NC2CCCCC2)CC1=O. The normalized spacial score (nSPS) is 21.2. The van der Waals surface area contributed by atoms with Crippen molar-refractivity contribution in [1.82, 2.24) is 5.32 Å². The number of esters is 1. The summed E-state index contributed by atoms with van der Waals surface area (Å²) < 4.78 is 4.79. The molecule has 134 valence electrons. The van der Waals surface area contributed by atoms with Crippen molar-refractivity contribution >= 4 is 23.5 Å². The first-order valence-electron chi connectivity index (χ1n) is 8.88. The molecule has 2 amide bonds. The Labute approximate surface area is 147 Å². The molecular weight excluding hydrogens is 320 g/mol. The summed E-state index contributed by atoms with van der Waals surface area (Å²) in [5.74, 6) is -1.06. The Balaban J connectivity index is 1.70. The number of hydrogen-bond acceptors (Lipinski definition) is 4. The van der Waals surface area contributed by atoms with E-state index in [1.54, 1.807) is 24.3 Å². The lowest BCUT2D eigenvalue weighted by Gasteiger charge is -2.24. The predicted octanol–water partition coefficient (Wildman–Crippen LogP) is 2.28. The van der Waals surface area contributed by atoms with Crippen molar-refractivity contribution < 1.29 is 19.1 Å². The summed E-state index contributed by atoms with van der Waals surface area (Å²) in [5.41, 5.74) is 0.846. The molecule has 0 radical (unpaired) electrons. The van der Waals surface area contributed by atoms with Gasteiger partial charge in [-0.15, -0.1) is 0 Å². The monoisotopic (exact) mass is 344 g/mol. The van der Waals surface area contributed by atoms with Gasteiger partial charge in [0.05, 0.1) is 24.3 Å². The van der Waals surface area contributed by atoms with Crippen molar-refractivity contribution in [1.29, 1.82) is 0 Å². The minimum absolute atomic E-state index is 0.0571. The van der Waals surface area contributed by atoms with E-state index >= 15 is 0 Å². The number of rotatable bonds is 4. The first-order valence-corrected chi connectivity index (χ1v) is 8.88. The summed E-state index contributed by atoms with van der Waals surface area (Å²) in [7, 11) is 1.31. The minimum Gasteiger partial charge on any atom is -0.465 e. The lowest BCUT2D eigenvalue weighted by atomic mass is 9.95. The van der Waals surface area contributed by atoms with Crippen LogP contribution in [-0.2, 0) is 14.3 Å². The van der Waals surface area contributed by atoms with Gasteiger partial charge in [-0.25, -0.2) is 4.79 Å². The van der Waals surface area contributed by atoms with Crippen LogP contribution in [0.4, 0.5) is 5.69 Å². The van der Waals surface area contributed by atoms with Gasteiger partial charge < -0.3 is 15.0 Å². The molecule has 1 saturated carbocycles. The Morgan fingerprint density at radius 3 is 2.60 bits per heavy atom. The van der Waals surface area contributed by atoms with Crippen molar-refractivity contribution in [2.75, 3.05) is 18.6 Å². The Morgan fingerprint density at radius 1 is 1.16 bits per heavy atom. The molecule has 1 saturated heterocycles. The van der Waals surface area contributed by atoms with E-state index < -0.39 is 5.97 Å². The number of para-hydroxylation sites is 1. The van der Waals surface area contributed by atoms with Gasteiger partial charge >= 0.3 is 5.97 Å². The van der Waals surface area contributed by atoms with Crippen molar-refractivity contribution in [3.8, 4) is 0 Å². The number of methoxy groups -OCH3 is 1. The Morgan fingerprint density at radius 2 is 1.88 bits per heavy atom. The maximum absolute atomic E-state index is 12.5. The molecule has 6 nitrogen and oxygen atoms in total. The second-order valence-corrected chi connectivity index (χ2v) is 6.76. The van der Waals surface area contributed by atoms with E-state index in [4.69, 9.17) is 4.74 Å². The van der Waals surface area contributed by atoms with Gasteiger partial charge in [-0.3, -0.25) is 9.59 Å². The maximum atomic E-state index is 12.5. The molecule has 3 rings (SSSR count). The van der Waals surface area contributed by atoms with Crippen LogP contribution in [0.15, 0.2) is 24.3 Å². The van der Waals surface area contributed by atoms with Crippen LogP contribution in [0.2, 0.25) is 0 Å². The summed E-state index contributed by atoms with van der Waals surface area (Å²) in [6, 6.07) is 7.07. The maximum Gasteiger partial charge on any atom is 0.339 e. The number of carbonyl (C=O) groups excluding carboxylic acids is 3. The van der Waals surface area contributed by atoms with Crippen molar-refractivity contribution in [2.45, 2.75) is 44.6 Å². The molecule has 6 heteroatoms. The summed E-state index contributed by atoms with van der Waals surface area (Å²) in [4.78, 5) is 38.4. The third-order valence-electron chi connectivity index (χ3n) is 5.05. The van der Waals surface area contributed by atoms with Crippen molar-refractivity contribution in [2.24, 2.45) is 5.92 Å². The number of nitrogens with zero attached hydrogens (tertiary/aromatic N) is 1. The molecular formula is C19H24N2O4. The van der Waals surface area contributed by atoms with Gasteiger partial charge in [-0.05, 0) is 25.0 Å². The molecule has 1 heterocycles. The van der Waals surface area contributed by atoms with E-state index in [1.165, 1.54) is 18.4 Å². The second-order valence-electron chi connectivity index (χ2n) is 6.76. The van der Waals surface area contributed by atoms with Crippen LogP contribution in [0.5, 0.6) is 0 Å². The number of ether oxygens (including phenoxy) is 1. The molecule has 1 aromatic rings. The molecule has 1 aliphatic carbocycles. The van der Waals surface area contributed by atoms with E-state index in [0.717, 1.165) is 25.7 Å². The van der Waals surface area contributed by atoms with E-state index in [-0.39, 0.29) is 30.2 Å². The highest BCUT2D eigenvalue weighted by Gasteiger charge is 2.37. The number of benzene rings is 1. The number of nitrogens with one attached hydrogen (secondary N) is 1. The first-order chi connectivity index (χ1) is 12.1. The van der Waals surface area contributed by atoms with Crippen LogP contribution in [0.25, 0.3) is 0 Å². The number of anilines is 1. The molecule has 25 heavy (non-hydrogen) atoms. The standard InChI is InChI=1S/C19H24N2O4/c1-25-19(24)15-9-5-6-10-16(15)21-12-13(11-17(21)22)18(23)20-14-7-3-2-4-8-14/h5-6,9-10,13-14H,2-4,7-8,11-12H2,1H3,(H,20,23). The van der Waals surface area contributed by atoms with E-state index in [9.17, 15) is 14.4 Å². The smallest absolute Gasteiger partial charge is 0.339 e. The molecule has 1 aliphatic heterocycles. The third-order valence-corrected chi connectivity index (χ3v) is 5.05. The highest BCUT2D eigenvalue weighted by Crippen LogP contribution is 2.29. The summed E-state index contributed by atoms with van der Waals surface area (Å²) in [5, 5.41) is 3.09. The quantitative estimate of drug-likeness (QED) is 0.850. The predicted molar refractivity (Wildman–Crippen MR) is 93.3 cm³/mol. The van der Waals surface area contributed by atoms with E-state index in [2.05, 4.69) is 5.32 Å². The van der Waals surface area contributed by atoms with Gasteiger partial charge in [0.15, 0.2) is 0 Å². The number of hydrogen-bond donors (Lipinski definition) is 1. The lowest BCUT2D eigenvalue weighted by Crippen LogP contribution is -2.40. The van der Waals surface area contributed by atoms with Crippen molar-refractivity contribution in [3.05, 3.63) is 29.8 Å². The fourth-order valence-electron chi connectivity index (χ4n) is 3.67. The van der Waals surface area contributed by atoms with Crippen LogP contribution in [0, 0.1) is 5.92 Å². The van der Waals surface area contributed by atoms with Gasteiger partial charge in [-0.1, -0.05) is 31.4 Å². The van der Waals surface area contributed by atoms with Gasteiger partial charge in [-0.2, -0.15) is 0 Å². The zero-order valence-corrected chi connectivity index (χ0v) is 14.5. The highest BCUT2D eigenvalue weighted by molar-refractivity contribution is 6.05. The molecule has 2 fully saturated rings. The minimum atomic E-state index is -0.487. The number of amides is 2. The largest absolute Gasteiger partial charge is 0.465 e. The van der Waals surface area contributed by atoms with Crippen LogP contribution < -0.4 is 10.2 Å². The first kappa shape index (κ1) is 17.5. The average molecular weight is 344 g/mol. The molecule has 2 aliphatic rings. The topological polar surface area (TPSA) is 75.7 Å². The molecule has 1 aromatic carbocycles. The van der Waals surface area contributed by atoms with Gasteiger partial charge in [0.1, 0.15) is 0 Å². The van der Waals surface area contributed by atoms with Gasteiger partial charge in [0.2, 0.25) is 11.8 Å². The summed E-state index contributed by atoms with van der Waals surface area (Å²) in [6.07, 6.45) is 5.73. The summed E-state index contributed by atoms with van der Waals surface area (Å²) >= 11 is 0. The molecule has 1 atom stereocenters. The van der Waals surface area contributed by atoms with Gasteiger partial charge in [0, 0.05) is 19.0 Å². The van der Waals surface area contributed by atoms with E-state index in [1.807, 2.05) is 0 Å². The average Bonchev–Trinajstić information content (AvgIpc) is 3.03. The van der Waals surface area contributed by atoms with Gasteiger partial charge in [0.25, 0.3) is 0 Å². The molecule has 1 N–H and O–H groups in total. The van der Waals surface area contributed by atoms with Crippen LogP contribution in [-0.4, -0.2) is 37.5 Å². The lowest BCUT2D eigenvalue weighted by molar-refractivity contribution is -0.127. The van der Waals surface area contributed by atoms with Crippen LogP contribution in [0.3, 0.4) is 0 Å². The molecule has 0 spiro atoms. The van der Waals surface area contributed by atoms with Crippen LogP contribution in [0.1, 0.15) is 48.9 Å². The van der Waals surface area contributed by atoms with Crippen LogP contribution >= 0.6 is 0 Å². The molecule has 1 unspecified atom stereocenters. The van der Waals surface area contributed by atoms with E-state index in [0.29, 0.717) is 17.8 Å². The Kier molecular flexibility index (Phi) is 5.36. The fourth-order valence-corrected chi connectivity index (χ4v) is 3.67. The fraction of sp³-hybridized carbons (Fsp3) is 0.526. The highest BCUT2D eigenvalue weighted by atomic mass is 16.5. The molecule has 0 aromatic heterocycles. The molecule has 0 bridgehead atoms. The third kappa shape index (κ3) is 3.83. The zero-order valence-electron chi connectivity index (χ0n) is 14.5. The Hall–Kier alpha value is -2.37. The number of carbonyl (C=O) groups is 3. The van der Waals surface area contributed by atoms with Crippen molar-refractivity contribution in [3.63, 3.8) is 0 Å². The second kappa shape index (κ2) is 7.68. The Bertz CT molecular complexity index is 667. The zero-order chi connectivity index (χ0) is 17.8. The summed E-state index contributed by atoms with van der Waals surface area (Å²) in [6.45, 7) is 0.297.